The molecule has 0 atom stereocenters. The Labute approximate surface area is 204 Å². The molecule has 178 valence electrons. The molecule has 2 fully saturated rings. The van der Waals surface area contributed by atoms with Crippen LogP contribution in [0.15, 0.2) is 36.4 Å². The van der Waals surface area contributed by atoms with Crippen molar-refractivity contribution in [2.45, 2.75) is 57.0 Å². The number of carbonyl (C=O) groups excluding carboxylic acids is 3. The van der Waals surface area contributed by atoms with E-state index >= 15 is 0 Å². The van der Waals surface area contributed by atoms with Gasteiger partial charge in [-0.05, 0) is 55.4 Å². The van der Waals surface area contributed by atoms with E-state index in [0.29, 0.717) is 40.8 Å². The first-order valence-corrected chi connectivity index (χ1v) is 12.6. The number of likely N-dealkylation sites (tertiary alicyclic amines) is 1. The monoisotopic (exact) mass is 478 g/mol. The summed E-state index contributed by atoms with van der Waals surface area (Å²) in [7, 11) is 0. The average molecular weight is 479 g/mol. The van der Waals surface area contributed by atoms with Gasteiger partial charge in [0.1, 0.15) is 6.54 Å². The quantitative estimate of drug-likeness (QED) is 0.519. The average Bonchev–Trinajstić information content (AvgIpc) is 2.86. The van der Waals surface area contributed by atoms with Gasteiger partial charge in [-0.1, -0.05) is 43.5 Å². The second-order valence-corrected chi connectivity index (χ2v) is 9.92. The SMILES string of the molecule is O=C(CN1C(=O)c2cccc3cccc(c23)C1=O)N1CCC(NC(=S)NC2CCCCC2)CC1. The summed E-state index contributed by atoms with van der Waals surface area (Å²) in [6, 6.07) is 11.5. The molecule has 2 aliphatic heterocycles. The van der Waals surface area contributed by atoms with E-state index in [1.54, 1.807) is 29.2 Å². The molecule has 3 aliphatic rings. The number of nitrogens with one attached hydrogen (secondary N) is 2. The minimum absolute atomic E-state index is 0.199. The molecular formula is C26H30N4O3S. The van der Waals surface area contributed by atoms with Crippen molar-refractivity contribution in [3.63, 3.8) is 0 Å². The number of nitrogens with zero attached hydrogens (tertiary/aromatic N) is 2. The first-order valence-electron chi connectivity index (χ1n) is 12.2. The molecule has 3 amide bonds. The Balaban J connectivity index is 1.16. The van der Waals surface area contributed by atoms with Crippen molar-refractivity contribution in [1.29, 1.82) is 0 Å². The normalized spacial score (nSPS) is 19.4. The van der Waals surface area contributed by atoms with Crippen LogP contribution in [0, 0.1) is 0 Å². The first-order chi connectivity index (χ1) is 16.5. The standard InChI is InChI=1S/C26H30N4O3S/c31-22(29-14-12-19(13-15-29)28-26(34)27-18-8-2-1-3-9-18)16-30-24(32)20-10-4-6-17-7-5-11-21(23(17)20)25(30)33/h4-7,10-11,18-19H,1-3,8-9,12-16H2,(H2,27,28,34). The van der Waals surface area contributed by atoms with Crippen molar-refractivity contribution < 1.29 is 14.4 Å². The number of hydrogen-bond acceptors (Lipinski definition) is 4. The van der Waals surface area contributed by atoms with Gasteiger partial charge in [0.15, 0.2) is 5.11 Å². The van der Waals surface area contributed by atoms with Crippen LogP contribution in [-0.2, 0) is 4.79 Å². The summed E-state index contributed by atoms with van der Waals surface area (Å²) >= 11 is 5.50. The third-order valence-electron chi connectivity index (χ3n) is 7.27. The minimum Gasteiger partial charge on any atom is -0.360 e. The molecule has 1 saturated heterocycles. The number of imide groups is 1. The van der Waals surface area contributed by atoms with Gasteiger partial charge in [0.05, 0.1) is 0 Å². The van der Waals surface area contributed by atoms with Gasteiger partial charge in [0.25, 0.3) is 11.8 Å². The van der Waals surface area contributed by atoms with Crippen LogP contribution in [0.3, 0.4) is 0 Å². The van der Waals surface area contributed by atoms with Crippen LogP contribution >= 0.6 is 12.2 Å². The molecule has 2 N–H and O–H groups in total. The van der Waals surface area contributed by atoms with Gasteiger partial charge in [-0.25, -0.2) is 0 Å². The topological polar surface area (TPSA) is 81.8 Å². The number of thiocarbonyl (C=S) groups is 1. The number of benzene rings is 2. The van der Waals surface area contributed by atoms with Crippen molar-refractivity contribution in [2.75, 3.05) is 19.6 Å². The molecular weight excluding hydrogens is 448 g/mol. The molecule has 0 spiro atoms. The van der Waals surface area contributed by atoms with Crippen LogP contribution in [0.4, 0.5) is 0 Å². The van der Waals surface area contributed by atoms with Gasteiger partial charge >= 0.3 is 0 Å². The van der Waals surface area contributed by atoms with Crippen molar-refractivity contribution in [1.82, 2.24) is 20.4 Å². The van der Waals surface area contributed by atoms with Crippen LogP contribution in [0.25, 0.3) is 10.8 Å². The maximum atomic E-state index is 13.1. The summed E-state index contributed by atoms with van der Waals surface area (Å²) in [6.07, 6.45) is 7.71. The molecule has 7 nitrogen and oxygen atoms in total. The van der Waals surface area contributed by atoms with Gasteiger partial charge in [-0.15, -0.1) is 0 Å². The Morgan fingerprint density at radius 3 is 2.00 bits per heavy atom. The smallest absolute Gasteiger partial charge is 0.261 e. The van der Waals surface area contributed by atoms with Crippen molar-refractivity contribution in [3.8, 4) is 0 Å². The molecule has 0 bridgehead atoms. The van der Waals surface area contributed by atoms with Crippen LogP contribution in [-0.4, -0.2) is 64.4 Å². The predicted octanol–water partition coefficient (Wildman–Crippen LogP) is 3.22. The summed E-state index contributed by atoms with van der Waals surface area (Å²) in [5.41, 5.74) is 0.949. The molecule has 1 aliphatic carbocycles. The van der Waals surface area contributed by atoms with Crippen LogP contribution in [0.1, 0.15) is 65.7 Å². The zero-order valence-corrected chi connectivity index (χ0v) is 20.0. The summed E-state index contributed by atoms with van der Waals surface area (Å²) < 4.78 is 0. The number of hydrogen-bond donors (Lipinski definition) is 2. The Hall–Kier alpha value is -3.00. The highest BCUT2D eigenvalue weighted by molar-refractivity contribution is 7.80. The molecule has 0 unspecified atom stereocenters. The molecule has 8 heteroatoms. The van der Waals surface area contributed by atoms with Crippen LogP contribution in [0.2, 0.25) is 0 Å². The lowest BCUT2D eigenvalue weighted by atomic mass is 9.94. The summed E-state index contributed by atoms with van der Waals surface area (Å²) in [4.78, 5) is 42.0. The van der Waals surface area contributed by atoms with E-state index in [-0.39, 0.29) is 18.5 Å². The van der Waals surface area contributed by atoms with Crippen LogP contribution in [0.5, 0.6) is 0 Å². The summed E-state index contributed by atoms with van der Waals surface area (Å²) in [5.74, 6) is -1.01. The highest BCUT2D eigenvalue weighted by Gasteiger charge is 2.35. The van der Waals surface area contributed by atoms with E-state index in [1.807, 2.05) is 12.1 Å². The van der Waals surface area contributed by atoms with E-state index in [2.05, 4.69) is 10.6 Å². The fraction of sp³-hybridized carbons (Fsp3) is 0.462. The van der Waals surface area contributed by atoms with Crippen molar-refractivity contribution in [2.24, 2.45) is 0 Å². The largest absolute Gasteiger partial charge is 0.360 e. The fourth-order valence-corrected chi connectivity index (χ4v) is 5.73. The Kier molecular flexibility index (Phi) is 6.50. The Morgan fingerprint density at radius 1 is 0.853 bits per heavy atom. The molecule has 2 heterocycles. The van der Waals surface area contributed by atoms with E-state index in [0.717, 1.165) is 23.1 Å². The second kappa shape index (κ2) is 9.70. The maximum absolute atomic E-state index is 13.1. The number of rotatable bonds is 4. The van der Waals surface area contributed by atoms with E-state index in [1.165, 1.54) is 32.1 Å². The number of carbonyl (C=O) groups is 3. The Bertz CT molecular complexity index is 1090. The zero-order valence-electron chi connectivity index (χ0n) is 19.2. The van der Waals surface area contributed by atoms with Gasteiger partial charge < -0.3 is 15.5 Å². The second-order valence-electron chi connectivity index (χ2n) is 9.51. The maximum Gasteiger partial charge on any atom is 0.261 e. The lowest BCUT2D eigenvalue weighted by molar-refractivity contribution is -0.132. The van der Waals surface area contributed by atoms with Gasteiger partial charge in [-0.3, -0.25) is 19.3 Å². The van der Waals surface area contributed by atoms with Gasteiger partial charge in [0, 0.05) is 41.7 Å². The Morgan fingerprint density at radius 2 is 1.41 bits per heavy atom. The van der Waals surface area contributed by atoms with Crippen LogP contribution < -0.4 is 10.6 Å². The fourth-order valence-electron chi connectivity index (χ4n) is 5.39. The predicted molar refractivity (Wildman–Crippen MR) is 135 cm³/mol. The molecule has 0 radical (unpaired) electrons. The molecule has 2 aromatic carbocycles. The lowest BCUT2D eigenvalue weighted by Crippen LogP contribution is -2.53. The third-order valence-corrected chi connectivity index (χ3v) is 7.51. The summed E-state index contributed by atoms with van der Waals surface area (Å²) in [5, 5.41) is 9.08. The van der Waals surface area contributed by atoms with E-state index in [9.17, 15) is 14.4 Å². The number of piperidine rings is 1. The van der Waals surface area contributed by atoms with Crippen molar-refractivity contribution >= 4 is 45.8 Å². The first kappa shape index (κ1) is 22.8. The highest BCUT2D eigenvalue weighted by Crippen LogP contribution is 2.30. The van der Waals surface area contributed by atoms with E-state index in [4.69, 9.17) is 12.2 Å². The summed E-state index contributed by atoms with van der Waals surface area (Å²) in [6.45, 7) is 0.915. The molecule has 34 heavy (non-hydrogen) atoms. The molecule has 5 rings (SSSR count). The molecule has 0 aromatic heterocycles. The van der Waals surface area contributed by atoms with Crippen molar-refractivity contribution in [3.05, 3.63) is 47.5 Å². The molecule has 2 aromatic rings. The van der Waals surface area contributed by atoms with E-state index < -0.39 is 11.8 Å². The number of amides is 3. The zero-order chi connectivity index (χ0) is 23.7. The van der Waals surface area contributed by atoms with Gasteiger partial charge in [-0.2, -0.15) is 0 Å². The highest BCUT2D eigenvalue weighted by atomic mass is 32.1. The minimum atomic E-state index is -0.404. The van der Waals surface area contributed by atoms with Gasteiger partial charge in [0.2, 0.25) is 5.91 Å². The third kappa shape index (κ3) is 4.51. The molecule has 1 saturated carbocycles. The lowest BCUT2D eigenvalue weighted by Gasteiger charge is -2.35.